The quantitative estimate of drug-likeness (QED) is 0.808. The summed E-state index contributed by atoms with van der Waals surface area (Å²) in [5.41, 5.74) is 0.709. The number of hydrogen-bond acceptors (Lipinski definition) is 3. The van der Waals surface area contributed by atoms with Gasteiger partial charge in [0, 0.05) is 12.1 Å². The molecule has 0 fully saturated rings. The van der Waals surface area contributed by atoms with Gasteiger partial charge in [-0.05, 0) is 59.2 Å². The largest absolute Gasteiger partial charge is 0.488 e. The van der Waals surface area contributed by atoms with E-state index in [0.717, 1.165) is 5.56 Å². The molecule has 1 aromatic rings. The molecule has 1 N–H and O–H groups in total. The van der Waals surface area contributed by atoms with E-state index in [-0.39, 0.29) is 22.7 Å². The Labute approximate surface area is 127 Å². The molecule has 0 saturated carbocycles. The van der Waals surface area contributed by atoms with Gasteiger partial charge in [-0.1, -0.05) is 6.07 Å². The van der Waals surface area contributed by atoms with Crippen molar-refractivity contribution in [2.45, 2.75) is 59.2 Å². The Bertz CT molecular complexity index is 447. The summed E-state index contributed by atoms with van der Waals surface area (Å²) in [4.78, 5) is 0. The Morgan fingerprint density at radius 2 is 1.71 bits per heavy atom. The minimum absolute atomic E-state index is 0.00986. The predicted octanol–water partition coefficient (Wildman–Crippen LogP) is 3.91. The van der Waals surface area contributed by atoms with Gasteiger partial charge in [0.2, 0.25) is 0 Å². The summed E-state index contributed by atoms with van der Waals surface area (Å²) in [6, 6.07) is 5.06. The molecular weight excluding hydrogens is 269 g/mol. The van der Waals surface area contributed by atoms with E-state index >= 15 is 0 Å². The molecule has 0 radical (unpaired) electrons. The van der Waals surface area contributed by atoms with E-state index in [1.165, 1.54) is 6.07 Å². The van der Waals surface area contributed by atoms with Crippen LogP contribution >= 0.6 is 0 Å². The fourth-order valence-electron chi connectivity index (χ4n) is 1.64. The molecule has 0 aromatic heterocycles. The maximum atomic E-state index is 13.9. The molecule has 0 heterocycles. The first-order valence-electron chi connectivity index (χ1n) is 7.37. The molecule has 0 amide bonds. The number of benzene rings is 1. The lowest BCUT2D eigenvalue weighted by Gasteiger charge is -2.21. The van der Waals surface area contributed by atoms with Gasteiger partial charge in [0.1, 0.15) is 6.61 Å². The molecule has 0 aliphatic rings. The fourth-order valence-corrected chi connectivity index (χ4v) is 1.64. The van der Waals surface area contributed by atoms with Crippen LogP contribution in [-0.4, -0.2) is 24.4 Å². The maximum absolute atomic E-state index is 13.9. The summed E-state index contributed by atoms with van der Waals surface area (Å²) in [6.45, 7) is 13.6. The van der Waals surface area contributed by atoms with Crippen molar-refractivity contribution in [2.24, 2.45) is 0 Å². The molecule has 0 aliphatic carbocycles. The summed E-state index contributed by atoms with van der Waals surface area (Å²) in [5, 5.41) is 3.33. The van der Waals surface area contributed by atoms with Crippen LogP contribution in [0.15, 0.2) is 18.2 Å². The predicted molar refractivity (Wildman–Crippen MR) is 84.2 cm³/mol. The zero-order valence-electron chi connectivity index (χ0n) is 14.0. The Hall–Kier alpha value is -1.13. The number of rotatable bonds is 6. The van der Waals surface area contributed by atoms with Gasteiger partial charge >= 0.3 is 0 Å². The van der Waals surface area contributed by atoms with Crippen molar-refractivity contribution >= 4 is 0 Å². The normalized spacial score (nSPS) is 12.5. The summed E-state index contributed by atoms with van der Waals surface area (Å²) < 4.78 is 24.9. The molecule has 0 spiro atoms. The molecule has 0 saturated heterocycles. The first kappa shape index (κ1) is 17.9. The number of halogens is 1. The second-order valence-electron chi connectivity index (χ2n) is 7.18. The van der Waals surface area contributed by atoms with Crippen LogP contribution in [0, 0.1) is 5.82 Å². The van der Waals surface area contributed by atoms with E-state index in [1.54, 1.807) is 6.07 Å². The van der Waals surface area contributed by atoms with Crippen LogP contribution < -0.4 is 10.1 Å². The van der Waals surface area contributed by atoms with Crippen molar-refractivity contribution < 1.29 is 13.9 Å². The number of nitrogens with one attached hydrogen (secondary N) is 1. The number of hydrogen-bond donors (Lipinski definition) is 1. The maximum Gasteiger partial charge on any atom is 0.165 e. The van der Waals surface area contributed by atoms with Crippen LogP contribution in [0.5, 0.6) is 5.75 Å². The second kappa shape index (κ2) is 7.23. The third-order valence-electron chi connectivity index (χ3n) is 2.70. The molecule has 0 aliphatic heterocycles. The van der Waals surface area contributed by atoms with Crippen molar-refractivity contribution in [1.82, 2.24) is 5.32 Å². The monoisotopic (exact) mass is 297 g/mol. The van der Waals surface area contributed by atoms with E-state index in [4.69, 9.17) is 9.47 Å². The average molecular weight is 297 g/mol. The smallest absolute Gasteiger partial charge is 0.165 e. The van der Waals surface area contributed by atoms with Gasteiger partial charge in [-0.15, -0.1) is 0 Å². The van der Waals surface area contributed by atoms with Crippen LogP contribution in [0.2, 0.25) is 0 Å². The highest BCUT2D eigenvalue weighted by atomic mass is 19.1. The van der Waals surface area contributed by atoms with Crippen LogP contribution in [0.3, 0.4) is 0 Å². The zero-order chi connectivity index (χ0) is 16.1. The summed E-state index contributed by atoms with van der Waals surface area (Å²) in [6.07, 6.45) is 0. The molecular formula is C17H28FNO2. The summed E-state index contributed by atoms with van der Waals surface area (Å²) >= 11 is 0. The zero-order valence-corrected chi connectivity index (χ0v) is 14.0. The summed E-state index contributed by atoms with van der Waals surface area (Å²) in [7, 11) is 0. The number of ether oxygens (including phenoxy) is 2. The van der Waals surface area contributed by atoms with Gasteiger partial charge < -0.3 is 14.8 Å². The molecule has 0 bridgehead atoms. The van der Waals surface area contributed by atoms with Crippen LogP contribution in [0.25, 0.3) is 0 Å². The Kier molecular flexibility index (Phi) is 6.17. The lowest BCUT2D eigenvalue weighted by Crippen LogP contribution is -2.35. The van der Waals surface area contributed by atoms with E-state index < -0.39 is 0 Å². The molecule has 0 atom stereocenters. The first-order chi connectivity index (χ1) is 9.57. The fraction of sp³-hybridized carbons (Fsp3) is 0.647. The van der Waals surface area contributed by atoms with Gasteiger partial charge in [0.15, 0.2) is 11.6 Å². The highest BCUT2D eigenvalue weighted by Gasteiger charge is 2.11. The van der Waals surface area contributed by atoms with Gasteiger partial charge in [0.25, 0.3) is 0 Å². The third kappa shape index (κ3) is 8.02. The van der Waals surface area contributed by atoms with Crippen LogP contribution in [0.4, 0.5) is 4.39 Å². The van der Waals surface area contributed by atoms with E-state index in [0.29, 0.717) is 19.8 Å². The lowest BCUT2D eigenvalue weighted by atomic mass is 10.1. The Morgan fingerprint density at radius 1 is 1.05 bits per heavy atom. The molecule has 1 rings (SSSR count). The molecule has 0 unspecified atom stereocenters. The van der Waals surface area contributed by atoms with E-state index in [2.05, 4.69) is 26.1 Å². The van der Waals surface area contributed by atoms with Gasteiger partial charge in [0.05, 0.1) is 12.2 Å². The molecule has 3 nitrogen and oxygen atoms in total. The van der Waals surface area contributed by atoms with Gasteiger partial charge in [-0.25, -0.2) is 4.39 Å². The minimum Gasteiger partial charge on any atom is -0.488 e. The van der Waals surface area contributed by atoms with Crippen molar-refractivity contribution in [3.63, 3.8) is 0 Å². The summed E-state index contributed by atoms with van der Waals surface area (Å²) in [5.74, 6) is -0.0639. The van der Waals surface area contributed by atoms with Crippen molar-refractivity contribution in [3.8, 4) is 5.75 Å². The minimum atomic E-state index is -0.334. The Morgan fingerprint density at radius 3 is 2.24 bits per heavy atom. The SMILES string of the molecule is CC(C)(C)NCc1ccc(OCCOC(C)(C)C)c(F)c1. The highest BCUT2D eigenvalue weighted by molar-refractivity contribution is 5.29. The molecule has 4 heteroatoms. The standard InChI is InChI=1S/C17H28FNO2/c1-16(2,3)19-12-13-7-8-15(14(18)11-13)20-9-10-21-17(4,5)6/h7-8,11,19H,9-10,12H2,1-6H3. The average Bonchev–Trinajstić information content (AvgIpc) is 2.32. The first-order valence-corrected chi connectivity index (χ1v) is 7.37. The van der Waals surface area contributed by atoms with Crippen molar-refractivity contribution in [2.75, 3.05) is 13.2 Å². The second-order valence-corrected chi connectivity index (χ2v) is 7.18. The van der Waals surface area contributed by atoms with E-state index in [1.807, 2.05) is 26.8 Å². The van der Waals surface area contributed by atoms with Crippen molar-refractivity contribution in [1.29, 1.82) is 0 Å². The highest BCUT2D eigenvalue weighted by Crippen LogP contribution is 2.19. The van der Waals surface area contributed by atoms with Crippen LogP contribution in [0.1, 0.15) is 47.1 Å². The van der Waals surface area contributed by atoms with E-state index in [9.17, 15) is 4.39 Å². The van der Waals surface area contributed by atoms with Crippen molar-refractivity contribution in [3.05, 3.63) is 29.6 Å². The molecule has 120 valence electrons. The Balaban J connectivity index is 2.47. The molecule has 1 aromatic carbocycles. The lowest BCUT2D eigenvalue weighted by molar-refractivity contribution is -0.0166. The molecule has 21 heavy (non-hydrogen) atoms. The third-order valence-corrected chi connectivity index (χ3v) is 2.70. The van der Waals surface area contributed by atoms with Gasteiger partial charge in [-0.2, -0.15) is 0 Å². The topological polar surface area (TPSA) is 30.5 Å². The van der Waals surface area contributed by atoms with Gasteiger partial charge in [-0.3, -0.25) is 0 Å². The van der Waals surface area contributed by atoms with Crippen LogP contribution in [-0.2, 0) is 11.3 Å².